The summed E-state index contributed by atoms with van der Waals surface area (Å²) in [6.07, 6.45) is -0.557. The third kappa shape index (κ3) is 7.00. The third-order valence-electron chi connectivity index (χ3n) is 3.44. The van der Waals surface area contributed by atoms with Crippen molar-refractivity contribution in [3.05, 3.63) is 0 Å². The van der Waals surface area contributed by atoms with E-state index in [4.69, 9.17) is 20.3 Å². The lowest BCUT2D eigenvalue weighted by Gasteiger charge is -2.38. The lowest BCUT2D eigenvalue weighted by Crippen LogP contribution is -2.56. The lowest BCUT2D eigenvalue weighted by atomic mass is 9.98. The zero-order valence-electron chi connectivity index (χ0n) is 13.8. The van der Waals surface area contributed by atoms with Gasteiger partial charge in [0.1, 0.15) is 5.60 Å². The number of nitrogens with two attached hydrogens (primary N) is 1. The zero-order valence-corrected chi connectivity index (χ0v) is 13.8. The monoisotopic (exact) mass is 336 g/mol. The first kappa shape index (κ1) is 22.1. The quantitative estimate of drug-likeness (QED) is 0.156. The molecule has 0 radical (unpaired) electrons. The normalized spacial score (nSPS) is 21.4. The van der Waals surface area contributed by atoms with E-state index in [-0.39, 0.29) is 12.2 Å². The molecule has 6 N–H and O–H groups in total. The highest BCUT2D eigenvalue weighted by atomic mass is 16.8. The van der Waals surface area contributed by atoms with Crippen LogP contribution in [0.15, 0.2) is 4.99 Å². The van der Waals surface area contributed by atoms with E-state index in [1.807, 2.05) is 0 Å². The average Bonchev–Trinajstić information content (AvgIpc) is 2.50. The molecule has 9 heteroatoms. The van der Waals surface area contributed by atoms with E-state index in [0.29, 0.717) is 13.1 Å². The minimum atomic E-state index is -2.25. The predicted octanol–water partition coefficient (Wildman–Crippen LogP) is -1.98. The van der Waals surface area contributed by atoms with Gasteiger partial charge in [0.2, 0.25) is 6.29 Å². The fraction of sp³-hybridized carbons (Fsp3) is 0.857. The Morgan fingerprint density at radius 2 is 1.91 bits per heavy atom. The molecule has 0 amide bonds. The Hall–Kier alpha value is -0.940. The van der Waals surface area contributed by atoms with E-state index >= 15 is 0 Å². The fourth-order valence-corrected chi connectivity index (χ4v) is 1.50. The summed E-state index contributed by atoms with van der Waals surface area (Å²) in [6, 6.07) is 0. The molecule has 0 bridgehead atoms. The minimum Gasteiger partial charge on any atom is -0.394 e. The summed E-state index contributed by atoms with van der Waals surface area (Å²) in [4.78, 5) is 15.1. The molecule has 0 aliphatic carbocycles. The SMILES string of the molecule is CC(/C=N/CCN)C(CO)OC(C=O)OC(C)(O)C(C)(O)CO. The van der Waals surface area contributed by atoms with Crippen molar-refractivity contribution in [2.45, 2.75) is 44.6 Å². The van der Waals surface area contributed by atoms with Gasteiger partial charge in [-0.3, -0.25) is 9.79 Å². The van der Waals surface area contributed by atoms with Crippen molar-refractivity contribution in [3.8, 4) is 0 Å². The van der Waals surface area contributed by atoms with Crippen LogP contribution in [0.1, 0.15) is 20.8 Å². The molecule has 0 aromatic heterocycles. The van der Waals surface area contributed by atoms with Gasteiger partial charge in [0.15, 0.2) is 12.1 Å². The van der Waals surface area contributed by atoms with Gasteiger partial charge in [-0.1, -0.05) is 6.92 Å². The van der Waals surface area contributed by atoms with E-state index in [1.165, 1.54) is 6.21 Å². The molecule has 0 aromatic carbocycles. The van der Waals surface area contributed by atoms with Crippen molar-refractivity contribution in [1.82, 2.24) is 0 Å². The molecule has 5 unspecified atom stereocenters. The Kier molecular flexibility index (Phi) is 9.63. The second kappa shape index (κ2) is 10.0. The fourth-order valence-electron chi connectivity index (χ4n) is 1.50. The number of aliphatic imine (C=N–C) groups is 1. The van der Waals surface area contributed by atoms with Gasteiger partial charge in [-0.25, -0.2) is 0 Å². The third-order valence-corrected chi connectivity index (χ3v) is 3.44. The van der Waals surface area contributed by atoms with Crippen LogP contribution in [0.5, 0.6) is 0 Å². The maximum atomic E-state index is 11.1. The summed E-state index contributed by atoms with van der Waals surface area (Å²) < 4.78 is 10.3. The van der Waals surface area contributed by atoms with Gasteiger partial charge < -0.3 is 35.6 Å². The van der Waals surface area contributed by atoms with Crippen LogP contribution in [0.2, 0.25) is 0 Å². The van der Waals surface area contributed by atoms with Crippen molar-refractivity contribution in [2.24, 2.45) is 16.6 Å². The number of aliphatic hydroxyl groups is 4. The van der Waals surface area contributed by atoms with Crippen molar-refractivity contribution in [3.63, 3.8) is 0 Å². The van der Waals surface area contributed by atoms with Gasteiger partial charge in [0, 0.05) is 18.7 Å². The molecule has 0 saturated carbocycles. The molecule has 5 atom stereocenters. The van der Waals surface area contributed by atoms with Crippen molar-refractivity contribution in [2.75, 3.05) is 26.3 Å². The summed E-state index contributed by atoms with van der Waals surface area (Å²) in [6.45, 7) is 3.53. The first-order valence-corrected chi connectivity index (χ1v) is 7.30. The molecule has 0 aromatic rings. The molecule has 0 spiro atoms. The van der Waals surface area contributed by atoms with E-state index in [1.54, 1.807) is 6.92 Å². The van der Waals surface area contributed by atoms with Gasteiger partial charge in [0.25, 0.3) is 0 Å². The Morgan fingerprint density at radius 3 is 2.35 bits per heavy atom. The van der Waals surface area contributed by atoms with E-state index in [2.05, 4.69) is 4.99 Å². The van der Waals surface area contributed by atoms with Crippen LogP contribution < -0.4 is 5.73 Å². The number of hydrogen-bond donors (Lipinski definition) is 5. The molecule has 9 nitrogen and oxygen atoms in total. The highest BCUT2D eigenvalue weighted by molar-refractivity contribution is 5.61. The molecule has 136 valence electrons. The Bertz CT molecular complexity index is 374. The largest absolute Gasteiger partial charge is 0.394 e. The summed E-state index contributed by atoms with van der Waals surface area (Å²) in [5.74, 6) is -2.59. The molecule has 0 aliphatic heterocycles. The maximum Gasteiger partial charge on any atom is 0.217 e. The van der Waals surface area contributed by atoms with Gasteiger partial charge >= 0.3 is 0 Å². The number of hydrogen-bond acceptors (Lipinski definition) is 9. The van der Waals surface area contributed by atoms with Crippen molar-refractivity contribution in [1.29, 1.82) is 0 Å². The molecule has 0 aliphatic rings. The number of ether oxygens (including phenoxy) is 2. The minimum absolute atomic E-state index is 0.272. The Balaban J connectivity index is 4.87. The van der Waals surface area contributed by atoms with Crippen LogP contribution >= 0.6 is 0 Å². The van der Waals surface area contributed by atoms with Crippen LogP contribution in [0.4, 0.5) is 0 Å². The van der Waals surface area contributed by atoms with Crippen molar-refractivity contribution >= 4 is 12.5 Å². The molecular formula is C14H28N2O7. The maximum absolute atomic E-state index is 11.1. The number of nitrogens with zero attached hydrogens (tertiary/aromatic N) is 1. The molecule has 0 saturated heterocycles. The highest BCUT2D eigenvalue weighted by Crippen LogP contribution is 2.25. The van der Waals surface area contributed by atoms with Crippen molar-refractivity contribution < 1.29 is 34.7 Å². The second-order valence-electron chi connectivity index (χ2n) is 5.60. The van der Waals surface area contributed by atoms with E-state index in [9.17, 15) is 20.1 Å². The smallest absolute Gasteiger partial charge is 0.217 e. The van der Waals surface area contributed by atoms with Gasteiger partial charge in [-0.15, -0.1) is 0 Å². The van der Waals surface area contributed by atoms with Gasteiger partial charge in [-0.05, 0) is 13.8 Å². The number of carbonyl (C=O) groups excluding carboxylic acids is 1. The summed E-state index contributed by atoms with van der Waals surface area (Å²) in [5.41, 5.74) is 3.30. The van der Waals surface area contributed by atoms with Gasteiger partial charge in [0.05, 0.1) is 25.9 Å². The lowest BCUT2D eigenvalue weighted by molar-refractivity contribution is -0.340. The molecule has 0 fully saturated rings. The van der Waals surface area contributed by atoms with Gasteiger partial charge in [-0.2, -0.15) is 0 Å². The van der Waals surface area contributed by atoms with Crippen LogP contribution in [0, 0.1) is 5.92 Å². The second-order valence-corrected chi connectivity index (χ2v) is 5.60. The first-order valence-electron chi connectivity index (χ1n) is 7.30. The standard InChI is InChI=1S/C14H28N2O7/c1-10(6-16-5-4-15)11(7-17)22-12(8-18)23-14(3,21)13(2,20)9-19/h6,8,10-12,17,19-21H,4-5,7,9,15H2,1-3H3/b16-6+. The Labute approximate surface area is 135 Å². The first-order chi connectivity index (χ1) is 10.6. The molecule has 23 heavy (non-hydrogen) atoms. The predicted molar refractivity (Wildman–Crippen MR) is 82.8 cm³/mol. The summed E-state index contributed by atoms with van der Waals surface area (Å²) >= 11 is 0. The van der Waals surface area contributed by atoms with E-state index in [0.717, 1.165) is 13.8 Å². The average molecular weight is 336 g/mol. The number of rotatable bonds is 12. The topological polar surface area (TPSA) is 155 Å². The van der Waals surface area contributed by atoms with Crippen LogP contribution in [-0.4, -0.2) is 83.0 Å². The molecule has 0 heterocycles. The molecular weight excluding hydrogens is 308 g/mol. The Morgan fingerprint density at radius 1 is 1.30 bits per heavy atom. The van der Waals surface area contributed by atoms with Crippen LogP contribution in [-0.2, 0) is 14.3 Å². The number of aldehydes is 1. The van der Waals surface area contributed by atoms with Crippen LogP contribution in [0.3, 0.4) is 0 Å². The van der Waals surface area contributed by atoms with E-state index < -0.39 is 37.0 Å². The summed E-state index contributed by atoms with van der Waals surface area (Å²) in [7, 11) is 0. The summed E-state index contributed by atoms with van der Waals surface area (Å²) in [5, 5.41) is 38.4. The zero-order chi connectivity index (χ0) is 18.1. The number of carbonyl (C=O) groups is 1. The number of aliphatic hydroxyl groups excluding tert-OH is 2. The molecule has 0 rings (SSSR count). The highest BCUT2D eigenvalue weighted by Gasteiger charge is 2.45. The van der Waals surface area contributed by atoms with Crippen LogP contribution in [0.25, 0.3) is 0 Å².